The van der Waals surface area contributed by atoms with E-state index in [1.165, 1.54) is 25.3 Å². The van der Waals surface area contributed by atoms with Crippen LogP contribution in [0.15, 0.2) is 22.7 Å². The zero-order chi connectivity index (χ0) is 20.1. The number of likely N-dealkylation sites (tertiary alicyclic amines) is 1. The number of piperidine rings is 1. The number of rotatable bonds is 5. The van der Waals surface area contributed by atoms with Gasteiger partial charge in [0.1, 0.15) is 5.82 Å². The van der Waals surface area contributed by atoms with E-state index in [1.54, 1.807) is 12.1 Å². The van der Waals surface area contributed by atoms with E-state index < -0.39 is 11.9 Å². The number of carbonyl (C=O) groups is 2. The van der Waals surface area contributed by atoms with Gasteiger partial charge in [-0.1, -0.05) is 35.2 Å². The first-order chi connectivity index (χ1) is 13.4. The molecular weight excluding hydrogens is 425 g/mol. The second kappa shape index (κ2) is 9.83. The number of anilines is 1. The van der Waals surface area contributed by atoms with Gasteiger partial charge < -0.3 is 10.6 Å². The predicted octanol–water partition coefficient (Wildman–Crippen LogP) is 4.08. The van der Waals surface area contributed by atoms with Crippen molar-refractivity contribution in [1.82, 2.24) is 10.2 Å². The highest BCUT2D eigenvalue weighted by atomic mass is 79.9. The first-order valence-electron chi connectivity index (χ1n) is 10.2. The zero-order valence-electron chi connectivity index (χ0n) is 16.3. The molecule has 2 unspecified atom stereocenters. The summed E-state index contributed by atoms with van der Waals surface area (Å²) in [6.07, 6.45) is 7.50. The highest BCUT2D eigenvalue weighted by molar-refractivity contribution is 9.10. The molecule has 5 nitrogen and oxygen atoms in total. The van der Waals surface area contributed by atoms with Gasteiger partial charge in [0.25, 0.3) is 0 Å². The minimum absolute atomic E-state index is 0.0876. The number of benzene rings is 1. The fraction of sp³-hybridized carbons (Fsp3) is 0.619. The van der Waals surface area contributed by atoms with Crippen LogP contribution in [0.25, 0.3) is 0 Å². The highest BCUT2D eigenvalue weighted by Gasteiger charge is 2.32. The van der Waals surface area contributed by atoms with Crippen LogP contribution in [0.4, 0.5) is 10.1 Å². The van der Waals surface area contributed by atoms with Crippen LogP contribution >= 0.6 is 15.9 Å². The third-order valence-corrected chi connectivity index (χ3v) is 6.38. The van der Waals surface area contributed by atoms with Crippen LogP contribution in [0, 0.1) is 11.7 Å². The molecule has 7 heteroatoms. The van der Waals surface area contributed by atoms with Crippen LogP contribution < -0.4 is 10.6 Å². The molecule has 2 aliphatic rings. The molecule has 154 valence electrons. The van der Waals surface area contributed by atoms with Crippen LogP contribution in [0.5, 0.6) is 0 Å². The zero-order valence-corrected chi connectivity index (χ0v) is 17.9. The Balaban J connectivity index is 1.54. The summed E-state index contributed by atoms with van der Waals surface area (Å²) in [5.74, 6) is -0.702. The maximum atomic E-state index is 14.0. The molecule has 0 radical (unpaired) electrons. The first kappa shape index (κ1) is 21.2. The summed E-state index contributed by atoms with van der Waals surface area (Å²) in [5, 5.41) is 5.88. The summed E-state index contributed by atoms with van der Waals surface area (Å²) >= 11 is 3.21. The minimum Gasteiger partial charge on any atom is -0.353 e. The average Bonchev–Trinajstić information content (AvgIpc) is 2.70. The van der Waals surface area contributed by atoms with Crippen molar-refractivity contribution in [3.8, 4) is 0 Å². The van der Waals surface area contributed by atoms with Crippen molar-refractivity contribution in [2.75, 3.05) is 18.4 Å². The van der Waals surface area contributed by atoms with Gasteiger partial charge in [-0.3, -0.25) is 14.5 Å². The van der Waals surface area contributed by atoms with Gasteiger partial charge in [-0.2, -0.15) is 0 Å². The predicted molar refractivity (Wildman–Crippen MR) is 112 cm³/mol. The SMILES string of the molecule is CC(C(=O)Nc1ccc(Br)cc1F)N1CCCC(C(=O)NC2CCCCC2)C1. The van der Waals surface area contributed by atoms with Crippen LogP contribution in [0.3, 0.4) is 0 Å². The van der Waals surface area contributed by atoms with E-state index >= 15 is 0 Å². The van der Waals surface area contributed by atoms with Gasteiger partial charge >= 0.3 is 0 Å². The van der Waals surface area contributed by atoms with Crippen LogP contribution in [-0.4, -0.2) is 41.9 Å². The molecule has 2 fully saturated rings. The molecule has 1 saturated carbocycles. The van der Waals surface area contributed by atoms with Crippen molar-refractivity contribution in [2.45, 2.75) is 64.0 Å². The average molecular weight is 454 g/mol. The van der Waals surface area contributed by atoms with Gasteiger partial charge in [0.2, 0.25) is 11.8 Å². The second-order valence-electron chi connectivity index (χ2n) is 7.97. The van der Waals surface area contributed by atoms with Crippen molar-refractivity contribution in [2.24, 2.45) is 5.92 Å². The number of nitrogens with zero attached hydrogens (tertiary/aromatic N) is 1. The Labute approximate surface area is 174 Å². The summed E-state index contributed by atoms with van der Waals surface area (Å²) in [4.78, 5) is 27.3. The summed E-state index contributed by atoms with van der Waals surface area (Å²) in [6.45, 7) is 3.15. The van der Waals surface area contributed by atoms with E-state index in [4.69, 9.17) is 0 Å². The minimum atomic E-state index is -0.474. The van der Waals surface area contributed by atoms with Gasteiger partial charge in [0.15, 0.2) is 0 Å². The van der Waals surface area contributed by atoms with Crippen LogP contribution in [-0.2, 0) is 9.59 Å². The molecule has 0 spiro atoms. The quantitative estimate of drug-likeness (QED) is 0.705. The van der Waals surface area contributed by atoms with Crippen LogP contribution in [0.1, 0.15) is 51.9 Å². The Morgan fingerprint density at radius 2 is 1.93 bits per heavy atom. The van der Waals surface area contributed by atoms with E-state index in [0.29, 0.717) is 17.1 Å². The molecule has 28 heavy (non-hydrogen) atoms. The molecule has 1 aromatic carbocycles. The maximum absolute atomic E-state index is 14.0. The highest BCUT2D eigenvalue weighted by Crippen LogP contribution is 2.23. The van der Waals surface area contributed by atoms with Crippen molar-refractivity contribution in [1.29, 1.82) is 0 Å². The van der Waals surface area contributed by atoms with Crippen molar-refractivity contribution < 1.29 is 14.0 Å². The van der Waals surface area contributed by atoms with E-state index in [9.17, 15) is 14.0 Å². The van der Waals surface area contributed by atoms with Gasteiger partial charge in [-0.05, 0) is 57.4 Å². The van der Waals surface area contributed by atoms with E-state index in [-0.39, 0.29) is 23.4 Å². The summed E-state index contributed by atoms with van der Waals surface area (Å²) in [6, 6.07) is 4.44. The Kier molecular flexibility index (Phi) is 7.46. The molecule has 2 atom stereocenters. The molecule has 0 bridgehead atoms. The Bertz CT molecular complexity index is 709. The largest absolute Gasteiger partial charge is 0.353 e. The fourth-order valence-electron chi connectivity index (χ4n) is 4.13. The number of carbonyl (C=O) groups excluding carboxylic acids is 2. The lowest BCUT2D eigenvalue weighted by atomic mass is 9.92. The van der Waals surface area contributed by atoms with Gasteiger partial charge in [-0.25, -0.2) is 4.39 Å². The normalized spacial score (nSPS) is 22.5. The number of hydrogen-bond donors (Lipinski definition) is 2. The smallest absolute Gasteiger partial charge is 0.241 e. The third-order valence-electron chi connectivity index (χ3n) is 5.89. The molecular formula is C21H29BrFN3O2. The molecule has 3 rings (SSSR count). The molecule has 1 aliphatic heterocycles. The first-order valence-corrected chi connectivity index (χ1v) is 11.0. The Morgan fingerprint density at radius 1 is 1.18 bits per heavy atom. The molecule has 1 aliphatic carbocycles. The fourth-order valence-corrected chi connectivity index (χ4v) is 4.47. The van der Waals surface area contributed by atoms with E-state index in [0.717, 1.165) is 32.2 Å². The van der Waals surface area contributed by atoms with Crippen LogP contribution in [0.2, 0.25) is 0 Å². The Hall–Kier alpha value is -1.47. The van der Waals surface area contributed by atoms with Crippen molar-refractivity contribution in [3.05, 3.63) is 28.5 Å². The molecule has 1 heterocycles. The molecule has 1 aromatic rings. The molecule has 2 N–H and O–H groups in total. The summed E-state index contributed by atoms with van der Waals surface area (Å²) in [5.41, 5.74) is 0.170. The van der Waals surface area contributed by atoms with Crippen molar-refractivity contribution >= 4 is 33.4 Å². The summed E-state index contributed by atoms with van der Waals surface area (Å²) < 4.78 is 14.6. The number of halogens is 2. The van der Waals surface area contributed by atoms with Crippen molar-refractivity contribution in [3.63, 3.8) is 0 Å². The van der Waals surface area contributed by atoms with Gasteiger partial charge in [-0.15, -0.1) is 0 Å². The lowest BCUT2D eigenvalue weighted by molar-refractivity contribution is -0.130. The molecule has 1 saturated heterocycles. The standard InChI is InChI=1S/C21H29BrFN3O2/c1-14(20(27)25-19-10-9-16(22)12-18(19)23)26-11-5-6-15(13-26)21(28)24-17-7-3-2-4-8-17/h9-10,12,14-15,17H,2-8,11,13H2,1H3,(H,24,28)(H,25,27). The van der Waals surface area contributed by atoms with Gasteiger partial charge in [0.05, 0.1) is 17.6 Å². The lowest BCUT2D eigenvalue weighted by Gasteiger charge is -2.36. The summed E-state index contributed by atoms with van der Waals surface area (Å²) in [7, 11) is 0. The third kappa shape index (κ3) is 5.54. The number of nitrogens with one attached hydrogen (secondary N) is 2. The molecule has 2 amide bonds. The molecule has 0 aromatic heterocycles. The van der Waals surface area contributed by atoms with Gasteiger partial charge in [0, 0.05) is 17.1 Å². The maximum Gasteiger partial charge on any atom is 0.241 e. The monoisotopic (exact) mass is 453 g/mol. The lowest BCUT2D eigenvalue weighted by Crippen LogP contribution is -2.51. The number of amides is 2. The number of hydrogen-bond acceptors (Lipinski definition) is 3. The topological polar surface area (TPSA) is 61.4 Å². The second-order valence-corrected chi connectivity index (χ2v) is 8.88. The van der Waals surface area contributed by atoms with E-state index in [1.807, 2.05) is 11.8 Å². The van der Waals surface area contributed by atoms with E-state index in [2.05, 4.69) is 26.6 Å². The Morgan fingerprint density at radius 3 is 2.64 bits per heavy atom.